The molecule has 0 saturated carbocycles. The maximum Gasteiger partial charge on any atom is 0.0497 e. The molecule has 0 spiro atoms. The molecular formula is C12H22O. The van der Waals surface area contributed by atoms with Crippen molar-refractivity contribution in [1.82, 2.24) is 0 Å². The fourth-order valence-electron chi connectivity index (χ4n) is 2.02. The van der Waals surface area contributed by atoms with E-state index in [2.05, 4.69) is 26.8 Å². The molecule has 0 N–H and O–H groups in total. The van der Waals surface area contributed by atoms with Crippen LogP contribution in [0.4, 0.5) is 0 Å². The first-order chi connectivity index (χ1) is 6.24. The summed E-state index contributed by atoms with van der Waals surface area (Å²) in [7, 11) is 0. The van der Waals surface area contributed by atoms with Crippen LogP contribution in [-0.4, -0.2) is 13.2 Å². The molecule has 0 aromatic carbocycles. The second-order valence-electron chi connectivity index (χ2n) is 4.21. The topological polar surface area (TPSA) is 9.23 Å². The van der Waals surface area contributed by atoms with Crippen molar-refractivity contribution in [2.24, 2.45) is 11.8 Å². The highest BCUT2D eigenvalue weighted by Crippen LogP contribution is 2.28. The van der Waals surface area contributed by atoms with Crippen LogP contribution >= 0.6 is 0 Å². The smallest absolute Gasteiger partial charge is 0.0497 e. The highest BCUT2D eigenvalue weighted by Gasteiger charge is 2.17. The van der Waals surface area contributed by atoms with E-state index >= 15 is 0 Å². The Morgan fingerprint density at radius 1 is 1.62 bits per heavy atom. The van der Waals surface area contributed by atoms with Crippen molar-refractivity contribution in [2.75, 3.05) is 13.2 Å². The molecule has 0 fully saturated rings. The van der Waals surface area contributed by atoms with Gasteiger partial charge in [0.2, 0.25) is 0 Å². The summed E-state index contributed by atoms with van der Waals surface area (Å²) in [6.45, 7) is 8.38. The number of ether oxygens (including phenoxy) is 1. The standard InChI is InChI=1S/C12H22O/c1-4-13-9-11(3)12-7-5-6-10(2)8-12/h8,11-12H,4-7,9H2,1-3H3. The summed E-state index contributed by atoms with van der Waals surface area (Å²) in [5.41, 5.74) is 1.57. The van der Waals surface area contributed by atoms with E-state index in [4.69, 9.17) is 4.74 Å². The van der Waals surface area contributed by atoms with E-state index < -0.39 is 0 Å². The predicted octanol–water partition coefficient (Wildman–Crippen LogP) is 3.41. The molecule has 0 heterocycles. The third kappa shape index (κ3) is 3.51. The average Bonchev–Trinajstić information content (AvgIpc) is 2.14. The number of allylic oxidation sites excluding steroid dienone is 2. The van der Waals surface area contributed by atoms with Gasteiger partial charge in [-0.25, -0.2) is 0 Å². The fraction of sp³-hybridized carbons (Fsp3) is 0.833. The van der Waals surface area contributed by atoms with Gasteiger partial charge in [-0.05, 0) is 44.9 Å². The summed E-state index contributed by atoms with van der Waals surface area (Å²) in [4.78, 5) is 0. The van der Waals surface area contributed by atoms with E-state index in [0.29, 0.717) is 5.92 Å². The largest absolute Gasteiger partial charge is 0.381 e. The van der Waals surface area contributed by atoms with Crippen LogP contribution in [0, 0.1) is 11.8 Å². The van der Waals surface area contributed by atoms with Gasteiger partial charge >= 0.3 is 0 Å². The third-order valence-corrected chi connectivity index (χ3v) is 2.92. The molecule has 0 radical (unpaired) electrons. The van der Waals surface area contributed by atoms with E-state index in [1.54, 1.807) is 5.57 Å². The molecule has 0 aromatic heterocycles. The summed E-state index contributed by atoms with van der Waals surface area (Å²) < 4.78 is 5.45. The van der Waals surface area contributed by atoms with Crippen LogP contribution in [0.2, 0.25) is 0 Å². The lowest BCUT2D eigenvalue weighted by atomic mass is 9.83. The lowest BCUT2D eigenvalue weighted by molar-refractivity contribution is 0.0985. The zero-order valence-corrected chi connectivity index (χ0v) is 9.18. The van der Waals surface area contributed by atoms with Gasteiger partial charge in [0.1, 0.15) is 0 Å². The second-order valence-corrected chi connectivity index (χ2v) is 4.21. The summed E-state index contributed by atoms with van der Waals surface area (Å²) in [5, 5.41) is 0. The predicted molar refractivity (Wildman–Crippen MR) is 56.8 cm³/mol. The molecule has 1 heteroatoms. The molecule has 1 aliphatic carbocycles. The van der Waals surface area contributed by atoms with Crippen LogP contribution in [0.1, 0.15) is 40.0 Å². The minimum absolute atomic E-state index is 0.690. The fourth-order valence-corrected chi connectivity index (χ4v) is 2.02. The Morgan fingerprint density at radius 3 is 3.00 bits per heavy atom. The first-order valence-electron chi connectivity index (χ1n) is 5.49. The molecule has 0 bridgehead atoms. The summed E-state index contributed by atoms with van der Waals surface area (Å²) >= 11 is 0. The van der Waals surface area contributed by atoms with Crippen LogP contribution < -0.4 is 0 Å². The monoisotopic (exact) mass is 182 g/mol. The molecular weight excluding hydrogens is 160 g/mol. The Bertz CT molecular complexity index is 172. The molecule has 76 valence electrons. The molecule has 13 heavy (non-hydrogen) atoms. The van der Waals surface area contributed by atoms with Gasteiger partial charge in [-0.3, -0.25) is 0 Å². The first-order valence-corrected chi connectivity index (χ1v) is 5.49. The van der Waals surface area contributed by atoms with Crippen LogP contribution in [0.15, 0.2) is 11.6 Å². The van der Waals surface area contributed by atoms with Crippen molar-refractivity contribution in [3.8, 4) is 0 Å². The minimum Gasteiger partial charge on any atom is -0.381 e. The van der Waals surface area contributed by atoms with Crippen molar-refractivity contribution < 1.29 is 4.74 Å². The van der Waals surface area contributed by atoms with Gasteiger partial charge in [0.05, 0.1) is 0 Å². The lowest BCUT2D eigenvalue weighted by Gasteiger charge is -2.25. The third-order valence-electron chi connectivity index (χ3n) is 2.92. The zero-order chi connectivity index (χ0) is 9.68. The maximum atomic E-state index is 5.45. The van der Waals surface area contributed by atoms with Crippen LogP contribution in [0.3, 0.4) is 0 Å². The summed E-state index contributed by atoms with van der Waals surface area (Å²) in [5.74, 6) is 1.45. The molecule has 1 rings (SSSR count). The van der Waals surface area contributed by atoms with E-state index in [0.717, 1.165) is 19.1 Å². The molecule has 0 aliphatic heterocycles. The Hall–Kier alpha value is -0.300. The van der Waals surface area contributed by atoms with Crippen molar-refractivity contribution in [2.45, 2.75) is 40.0 Å². The van der Waals surface area contributed by atoms with Gasteiger partial charge < -0.3 is 4.74 Å². The average molecular weight is 182 g/mol. The van der Waals surface area contributed by atoms with Gasteiger partial charge in [-0.15, -0.1) is 0 Å². The molecule has 0 amide bonds. The van der Waals surface area contributed by atoms with E-state index in [1.165, 1.54) is 19.3 Å². The Balaban J connectivity index is 2.37. The van der Waals surface area contributed by atoms with Crippen molar-refractivity contribution >= 4 is 0 Å². The van der Waals surface area contributed by atoms with E-state index in [-0.39, 0.29) is 0 Å². The minimum atomic E-state index is 0.690. The molecule has 2 atom stereocenters. The van der Waals surface area contributed by atoms with Crippen LogP contribution in [0.5, 0.6) is 0 Å². The number of hydrogen-bond acceptors (Lipinski definition) is 1. The maximum absolute atomic E-state index is 5.45. The number of hydrogen-bond donors (Lipinski definition) is 0. The molecule has 2 unspecified atom stereocenters. The van der Waals surface area contributed by atoms with E-state index in [9.17, 15) is 0 Å². The van der Waals surface area contributed by atoms with Crippen molar-refractivity contribution in [1.29, 1.82) is 0 Å². The summed E-state index contributed by atoms with van der Waals surface area (Å²) in [6.07, 6.45) is 6.47. The quantitative estimate of drug-likeness (QED) is 0.605. The van der Waals surface area contributed by atoms with Crippen LogP contribution in [-0.2, 0) is 4.74 Å². The van der Waals surface area contributed by atoms with Crippen molar-refractivity contribution in [3.05, 3.63) is 11.6 Å². The Kier molecular flexibility index (Phi) is 4.51. The van der Waals surface area contributed by atoms with Gasteiger partial charge in [0.25, 0.3) is 0 Å². The van der Waals surface area contributed by atoms with Crippen molar-refractivity contribution in [3.63, 3.8) is 0 Å². The molecule has 1 aliphatic rings. The Labute approximate surface area is 82.2 Å². The molecule has 0 saturated heterocycles. The second kappa shape index (κ2) is 5.43. The molecule has 1 nitrogen and oxygen atoms in total. The SMILES string of the molecule is CCOCC(C)C1C=C(C)CCC1. The van der Waals surface area contributed by atoms with Crippen LogP contribution in [0.25, 0.3) is 0 Å². The number of rotatable bonds is 4. The highest BCUT2D eigenvalue weighted by atomic mass is 16.5. The Morgan fingerprint density at radius 2 is 2.38 bits per heavy atom. The highest BCUT2D eigenvalue weighted by molar-refractivity contribution is 5.05. The molecule has 0 aromatic rings. The summed E-state index contributed by atoms with van der Waals surface area (Å²) in [6, 6.07) is 0. The van der Waals surface area contributed by atoms with Gasteiger partial charge in [0.15, 0.2) is 0 Å². The van der Waals surface area contributed by atoms with E-state index in [1.807, 2.05) is 0 Å². The van der Waals surface area contributed by atoms with Gasteiger partial charge in [0, 0.05) is 13.2 Å². The first kappa shape index (κ1) is 10.8. The van der Waals surface area contributed by atoms with Gasteiger partial charge in [-0.1, -0.05) is 18.6 Å². The normalized spacial score (nSPS) is 25.5. The zero-order valence-electron chi connectivity index (χ0n) is 9.18. The lowest BCUT2D eigenvalue weighted by Crippen LogP contribution is -2.18. The van der Waals surface area contributed by atoms with Gasteiger partial charge in [-0.2, -0.15) is 0 Å².